The van der Waals surface area contributed by atoms with E-state index in [9.17, 15) is 0 Å². The van der Waals surface area contributed by atoms with Gasteiger partial charge in [0.2, 0.25) is 5.96 Å². The standard InChI is InChI=1S/C18H30N6/c1-11(2)14-21-13-15(23(14)4)22-16(20-3)24(5)18(13,19)17-8-6-12(10-17)7-9-17/h11-12H,6-10,19H2,1-5H3,(H,20,22). The summed E-state index contributed by atoms with van der Waals surface area (Å²) in [5.74, 6) is 4.14. The summed E-state index contributed by atoms with van der Waals surface area (Å²) in [6, 6.07) is 0. The number of fused-ring (bicyclic) bond motifs is 3. The number of nitrogens with zero attached hydrogens (tertiary/aromatic N) is 4. The van der Waals surface area contributed by atoms with E-state index in [1.54, 1.807) is 0 Å². The first kappa shape index (κ1) is 15.9. The fourth-order valence-electron chi connectivity index (χ4n) is 5.50. The minimum atomic E-state index is -0.585. The summed E-state index contributed by atoms with van der Waals surface area (Å²) in [7, 11) is 5.98. The van der Waals surface area contributed by atoms with Gasteiger partial charge in [-0.15, -0.1) is 0 Å². The average molecular weight is 330 g/mol. The minimum absolute atomic E-state index is 0.113. The Labute approximate surface area is 144 Å². The molecule has 0 radical (unpaired) electrons. The van der Waals surface area contributed by atoms with E-state index in [4.69, 9.17) is 10.7 Å². The summed E-state index contributed by atoms with van der Waals surface area (Å²) in [5, 5.41) is 3.47. The molecule has 3 aliphatic rings. The van der Waals surface area contributed by atoms with E-state index in [2.05, 4.69) is 47.7 Å². The third-order valence-electron chi connectivity index (χ3n) is 6.85. The molecule has 2 fully saturated rings. The highest BCUT2D eigenvalue weighted by molar-refractivity contribution is 5.96. The number of aromatic nitrogens is 2. The molecule has 0 amide bonds. The summed E-state index contributed by atoms with van der Waals surface area (Å²) in [5.41, 5.74) is 7.80. The van der Waals surface area contributed by atoms with Crippen LogP contribution in [0.5, 0.6) is 0 Å². The van der Waals surface area contributed by atoms with E-state index < -0.39 is 5.66 Å². The number of nitrogens with two attached hydrogens (primary N) is 1. The molecular formula is C18H30N6. The Morgan fingerprint density at radius 3 is 2.46 bits per heavy atom. The molecular weight excluding hydrogens is 300 g/mol. The lowest BCUT2D eigenvalue weighted by Crippen LogP contribution is -2.66. The van der Waals surface area contributed by atoms with Crippen LogP contribution in [0, 0.1) is 11.3 Å². The molecule has 3 N–H and O–H groups in total. The molecule has 2 heterocycles. The maximum Gasteiger partial charge on any atom is 0.200 e. The fourth-order valence-corrected chi connectivity index (χ4v) is 5.50. The number of guanidine groups is 1. The summed E-state index contributed by atoms with van der Waals surface area (Å²) < 4.78 is 2.16. The number of aliphatic imine (C=N–C) groups is 1. The molecule has 2 aliphatic carbocycles. The van der Waals surface area contributed by atoms with Gasteiger partial charge < -0.3 is 20.5 Å². The monoisotopic (exact) mass is 330 g/mol. The highest BCUT2D eigenvalue weighted by atomic mass is 15.4. The molecule has 1 aliphatic heterocycles. The highest BCUT2D eigenvalue weighted by Crippen LogP contribution is 2.63. The molecule has 0 spiro atoms. The van der Waals surface area contributed by atoms with Crippen molar-refractivity contribution in [2.45, 2.75) is 57.5 Å². The van der Waals surface area contributed by atoms with Crippen LogP contribution in [0.4, 0.5) is 5.82 Å². The van der Waals surface area contributed by atoms with Crippen molar-refractivity contribution in [2.24, 2.45) is 29.1 Å². The van der Waals surface area contributed by atoms with Crippen molar-refractivity contribution in [3.63, 3.8) is 0 Å². The van der Waals surface area contributed by atoms with Crippen molar-refractivity contribution in [3.05, 3.63) is 11.5 Å². The second kappa shape index (κ2) is 4.97. The van der Waals surface area contributed by atoms with Crippen LogP contribution < -0.4 is 11.1 Å². The van der Waals surface area contributed by atoms with Crippen molar-refractivity contribution in [1.82, 2.24) is 14.5 Å². The molecule has 2 saturated carbocycles. The number of rotatable bonds is 2. The molecule has 1 aromatic rings. The zero-order chi connectivity index (χ0) is 17.3. The van der Waals surface area contributed by atoms with Crippen LogP contribution in [-0.4, -0.2) is 34.5 Å². The van der Waals surface area contributed by atoms with Crippen LogP contribution in [0.15, 0.2) is 4.99 Å². The SMILES string of the molecule is CN=C1Nc2c(nc(C(C)C)n2C)C(N)(C23CCC(CC2)C3)N1C. The Bertz CT molecular complexity index is 695. The van der Waals surface area contributed by atoms with E-state index >= 15 is 0 Å². The van der Waals surface area contributed by atoms with Crippen molar-refractivity contribution in [3.8, 4) is 0 Å². The first-order valence-electron chi connectivity index (χ1n) is 9.17. The summed E-state index contributed by atoms with van der Waals surface area (Å²) in [4.78, 5) is 11.7. The molecule has 132 valence electrons. The van der Waals surface area contributed by atoms with E-state index in [0.29, 0.717) is 5.92 Å². The summed E-state index contributed by atoms with van der Waals surface area (Å²) in [6.07, 6.45) is 6.22. The molecule has 6 heteroatoms. The van der Waals surface area contributed by atoms with Crippen LogP contribution >= 0.6 is 0 Å². The van der Waals surface area contributed by atoms with Gasteiger partial charge in [0.15, 0.2) is 0 Å². The molecule has 0 saturated heterocycles. The van der Waals surface area contributed by atoms with E-state index in [1.807, 2.05) is 7.05 Å². The second-order valence-electron chi connectivity index (χ2n) is 8.31. The molecule has 6 nitrogen and oxygen atoms in total. The van der Waals surface area contributed by atoms with Crippen molar-refractivity contribution in [2.75, 3.05) is 19.4 Å². The molecule has 4 rings (SSSR count). The molecule has 24 heavy (non-hydrogen) atoms. The third kappa shape index (κ3) is 1.75. The average Bonchev–Trinajstić information content (AvgIpc) is 3.25. The molecule has 2 bridgehead atoms. The quantitative estimate of drug-likeness (QED) is 0.874. The fraction of sp³-hybridized carbons (Fsp3) is 0.778. The van der Waals surface area contributed by atoms with Gasteiger partial charge >= 0.3 is 0 Å². The molecule has 1 aromatic heterocycles. The van der Waals surface area contributed by atoms with Crippen molar-refractivity contribution >= 4 is 11.8 Å². The minimum Gasteiger partial charge on any atom is -0.321 e. The lowest BCUT2D eigenvalue weighted by molar-refractivity contribution is 0.0192. The molecule has 0 aromatic carbocycles. The van der Waals surface area contributed by atoms with Crippen LogP contribution in [0.3, 0.4) is 0 Å². The maximum atomic E-state index is 7.27. The van der Waals surface area contributed by atoms with Gasteiger partial charge in [0, 0.05) is 32.5 Å². The van der Waals surface area contributed by atoms with Gasteiger partial charge in [-0.3, -0.25) is 4.99 Å². The van der Waals surface area contributed by atoms with Crippen molar-refractivity contribution < 1.29 is 0 Å². The maximum absolute atomic E-state index is 7.27. The van der Waals surface area contributed by atoms with Crippen LogP contribution in [0.1, 0.15) is 63.4 Å². The second-order valence-corrected chi connectivity index (χ2v) is 8.31. The Morgan fingerprint density at radius 1 is 1.29 bits per heavy atom. The number of anilines is 1. The Hall–Kier alpha value is -1.56. The number of nitrogens with one attached hydrogen (secondary N) is 1. The van der Waals surface area contributed by atoms with Crippen molar-refractivity contribution in [1.29, 1.82) is 0 Å². The predicted molar refractivity (Wildman–Crippen MR) is 96.9 cm³/mol. The van der Waals surface area contributed by atoms with Gasteiger partial charge in [0.25, 0.3) is 0 Å². The molecule has 1 atom stereocenters. The van der Waals surface area contributed by atoms with E-state index in [1.165, 1.54) is 32.1 Å². The van der Waals surface area contributed by atoms with E-state index in [-0.39, 0.29) is 5.41 Å². The normalized spacial score (nSPS) is 36.5. The van der Waals surface area contributed by atoms with Crippen LogP contribution in [0.2, 0.25) is 0 Å². The third-order valence-corrected chi connectivity index (χ3v) is 6.85. The van der Waals surface area contributed by atoms with Gasteiger partial charge in [0.1, 0.15) is 23.0 Å². The zero-order valence-electron chi connectivity index (χ0n) is 15.6. The van der Waals surface area contributed by atoms with Gasteiger partial charge in [-0.2, -0.15) is 0 Å². The Morgan fingerprint density at radius 2 is 1.96 bits per heavy atom. The number of hydrogen-bond acceptors (Lipinski definition) is 3. The lowest BCUT2D eigenvalue weighted by atomic mass is 9.70. The predicted octanol–water partition coefficient (Wildman–Crippen LogP) is 2.58. The Kier molecular flexibility index (Phi) is 3.30. The van der Waals surface area contributed by atoms with Gasteiger partial charge in [0.05, 0.1) is 0 Å². The zero-order valence-corrected chi connectivity index (χ0v) is 15.6. The first-order valence-corrected chi connectivity index (χ1v) is 9.17. The van der Waals surface area contributed by atoms with Crippen LogP contribution in [0.25, 0.3) is 0 Å². The van der Waals surface area contributed by atoms with Crippen LogP contribution in [-0.2, 0) is 12.7 Å². The first-order chi connectivity index (χ1) is 11.3. The van der Waals surface area contributed by atoms with Gasteiger partial charge in [-0.25, -0.2) is 4.98 Å². The summed E-state index contributed by atoms with van der Waals surface area (Å²) in [6.45, 7) is 4.37. The summed E-state index contributed by atoms with van der Waals surface area (Å²) >= 11 is 0. The number of imidazole rings is 1. The lowest BCUT2D eigenvalue weighted by Gasteiger charge is -2.53. The highest BCUT2D eigenvalue weighted by Gasteiger charge is 2.62. The van der Waals surface area contributed by atoms with Gasteiger partial charge in [-0.05, 0) is 38.0 Å². The smallest absolute Gasteiger partial charge is 0.200 e. The van der Waals surface area contributed by atoms with Gasteiger partial charge in [-0.1, -0.05) is 13.8 Å². The number of hydrogen-bond donors (Lipinski definition) is 2. The Balaban J connectivity index is 1.95. The van der Waals surface area contributed by atoms with E-state index in [0.717, 1.165) is 29.2 Å². The largest absolute Gasteiger partial charge is 0.321 e. The molecule has 1 unspecified atom stereocenters. The topological polar surface area (TPSA) is 71.5 Å².